The first kappa shape index (κ1) is 27.9. The maximum Gasteiger partial charge on any atom is 0.407 e. The highest BCUT2D eigenvalue weighted by molar-refractivity contribution is 5.99. The van der Waals surface area contributed by atoms with Crippen LogP contribution in [0.25, 0.3) is 33.6 Å². The normalized spacial score (nSPS) is 18.8. The second-order valence-corrected chi connectivity index (χ2v) is 11.6. The molecule has 0 unspecified atom stereocenters. The molecule has 230 valence electrons. The van der Waals surface area contributed by atoms with Crippen LogP contribution in [-0.2, 0) is 24.8 Å². The molecule has 2 fully saturated rings. The number of pyridine rings is 1. The molecule has 4 aromatic rings. The zero-order valence-corrected chi connectivity index (χ0v) is 24.1. The van der Waals surface area contributed by atoms with Crippen LogP contribution in [0, 0.1) is 5.92 Å². The van der Waals surface area contributed by atoms with Gasteiger partial charge in [-0.15, -0.1) is 0 Å². The minimum Gasteiger partial charge on any atom is -0.487 e. The number of alkyl halides is 1. The Morgan fingerprint density at radius 1 is 1.27 bits per heavy atom. The van der Waals surface area contributed by atoms with E-state index in [-0.39, 0.29) is 25.2 Å². The van der Waals surface area contributed by atoms with E-state index in [0.29, 0.717) is 59.4 Å². The number of para-hydroxylation sites is 1. The van der Waals surface area contributed by atoms with E-state index in [0.717, 1.165) is 36.0 Å². The van der Waals surface area contributed by atoms with E-state index in [1.807, 2.05) is 29.8 Å². The predicted octanol–water partition coefficient (Wildman–Crippen LogP) is 3.09. The third kappa shape index (κ3) is 5.13. The predicted molar refractivity (Wildman–Crippen MR) is 156 cm³/mol. The monoisotopic (exact) mass is 605 g/mol. The number of rotatable bonds is 10. The Bertz CT molecular complexity index is 1800. The number of imidazole rings is 1. The zero-order chi connectivity index (χ0) is 30.5. The SMILES string of the molecule is Cn1c(-c2cc3cccc(OC[C@@H]4CNC(=O)O4)c3n2CC2CC2)nc2cc3c(nc21)CCN(C[C@@H](CF)NC(=O)O)C3=O. The van der Waals surface area contributed by atoms with Crippen LogP contribution in [0.15, 0.2) is 30.3 Å². The van der Waals surface area contributed by atoms with Crippen molar-refractivity contribution < 1.29 is 33.4 Å². The molecule has 1 aromatic carbocycles. The molecule has 2 aliphatic heterocycles. The Hall–Kier alpha value is -4.88. The van der Waals surface area contributed by atoms with E-state index < -0.39 is 24.9 Å². The van der Waals surface area contributed by atoms with Gasteiger partial charge in [0.2, 0.25) is 0 Å². The summed E-state index contributed by atoms with van der Waals surface area (Å²) in [6.45, 7) is 0.735. The lowest BCUT2D eigenvalue weighted by atomic mass is 10.0. The van der Waals surface area contributed by atoms with Gasteiger partial charge in [-0.2, -0.15) is 0 Å². The smallest absolute Gasteiger partial charge is 0.407 e. The fraction of sp³-hybridized carbons (Fsp3) is 0.433. The molecular weight excluding hydrogens is 573 g/mol. The number of benzene rings is 1. The third-order valence-electron chi connectivity index (χ3n) is 8.44. The summed E-state index contributed by atoms with van der Waals surface area (Å²) in [5, 5.41) is 14.8. The maximum atomic E-state index is 13.4. The first-order valence-corrected chi connectivity index (χ1v) is 14.7. The quantitative estimate of drug-likeness (QED) is 0.249. The Kier molecular flexibility index (Phi) is 6.98. The number of halogens is 1. The van der Waals surface area contributed by atoms with Crippen molar-refractivity contribution in [3.63, 3.8) is 0 Å². The number of ether oxygens (including phenoxy) is 2. The van der Waals surface area contributed by atoms with Gasteiger partial charge in [-0.3, -0.25) is 4.79 Å². The average molecular weight is 606 g/mol. The molecular formula is C30H32FN7O6. The fourth-order valence-corrected chi connectivity index (χ4v) is 6.06. The number of aryl methyl sites for hydroxylation is 1. The number of cyclic esters (lactones) is 1. The van der Waals surface area contributed by atoms with Crippen LogP contribution in [-0.4, -0.2) is 92.3 Å². The van der Waals surface area contributed by atoms with Gasteiger partial charge in [-0.1, -0.05) is 12.1 Å². The van der Waals surface area contributed by atoms with Crippen molar-refractivity contribution >= 4 is 40.2 Å². The summed E-state index contributed by atoms with van der Waals surface area (Å²) in [4.78, 5) is 47.1. The third-order valence-corrected chi connectivity index (χ3v) is 8.44. The van der Waals surface area contributed by atoms with Crippen molar-refractivity contribution in [3.8, 4) is 17.3 Å². The summed E-state index contributed by atoms with van der Waals surface area (Å²) in [6.07, 6.45) is 0.603. The van der Waals surface area contributed by atoms with Crippen molar-refractivity contribution in [1.29, 1.82) is 0 Å². The van der Waals surface area contributed by atoms with Crippen LogP contribution < -0.4 is 15.4 Å². The van der Waals surface area contributed by atoms with Crippen molar-refractivity contribution in [2.24, 2.45) is 13.0 Å². The number of amides is 3. The van der Waals surface area contributed by atoms with Gasteiger partial charge < -0.3 is 39.2 Å². The van der Waals surface area contributed by atoms with Gasteiger partial charge in [0, 0.05) is 38.5 Å². The number of nitrogens with one attached hydrogen (secondary N) is 2. The first-order valence-electron chi connectivity index (χ1n) is 14.7. The van der Waals surface area contributed by atoms with Crippen LogP contribution in [0.4, 0.5) is 14.0 Å². The highest BCUT2D eigenvalue weighted by Crippen LogP contribution is 2.39. The lowest BCUT2D eigenvalue weighted by Crippen LogP contribution is -2.48. The number of carboxylic acid groups (broad SMARTS) is 1. The molecule has 3 aliphatic rings. The van der Waals surface area contributed by atoms with E-state index in [1.165, 1.54) is 4.90 Å². The molecule has 13 nitrogen and oxygen atoms in total. The van der Waals surface area contributed by atoms with E-state index >= 15 is 0 Å². The largest absolute Gasteiger partial charge is 0.487 e. The van der Waals surface area contributed by atoms with Crippen molar-refractivity contribution in [2.45, 2.75) is 38.0 Å². The molecule has 14 heteroatoms. The number of hydrogen-bond donors (Lipinski definition) is 3. The Labute approximate surface area is 250 Å². The first-order chi connectivity index (χ1) is 21.3. The van der Waals surface area contributed by atoms with Crippen molar-refractivity contribution in [2.75, 3.05) is 32.9 Å². The maximum absolute atomic E-state index is 13.4. The summed E-state index contributed by atoms with van der Waals surface area (Å²) in [5.74, 6) is 1.61. The number of nitrogens with zero attached hydrogens (tertiary/aromatic N) is 5. The topological polar surface area (TPSA) is 153 Å². The van der Waals surface area contributed by atoms with E-state index in [4.69, 9.17) is 24.5 Å². The van der Waals surface area contributed by atoms with Crippen LogP contribution in [0.2, 0.25) is 0 Å². The van der Waals surface area contributed by atoms with E-state index in [1.54, 1.807) is 6.07 Å². The summed E-state index contributed by atoms with van der Waals surface area (Å²) < 4.78 is 29.1. The Balaban J connectivity index is 1.24. The molecule has 5 heterocycles. The molecule has 7 rings (SSSR count). The van der Waals surface area contributed by atoms with Crippen LogP contribution in [0.1, 0.15) is 28.9 Å². The van der Waals surface area contributed by atoms with Crippen molar-refractivity contribution in [3.05, 3.63) is 41.6 Å². The van der Waals surface area contributed by atoms with Gasteiger partial charge in [0.1, 0.15) is 24.5 Å². The molecule has 44 heavy (non-hydrogen) atoms. The van der Waals surface area contributed by atoms with Gasteiger partial charge in [-0.25, -0.2) is 23.9 Å². The summed E-state index contributed by atoms with van der Waals surface area (Å²) in [7, 11) is 1.91. The second-order valence-electron chi connectivity index (χ2n) is 11.6. The number of fused-ring (bicyclic) bond motifs is 3. The molecule has 3 amide bonds. The molecule has 2 atom stereocenters. The highest BCUT2D eigenvalue weighted by atomic mass is 19.1. The fourth-order valence-electron chi connectivity index (χ4n) is 6.06. The van der Waals surface area contributed by atoms with Crippen molar-refractivity contribution in [1.82, 2.24) is 34.6 Å². The zero-order valence-electron chi connectivity index (χ0n) is 24.1. The van der Waals surface area contributed by atoms with Gasteiger partial charge in [-0.05, 0) is 37.0 Å². The minimum atomic E-state index is -1.34. The van der Waals surface area contributed by atoms with E-state index in [2.05, 4.69) is 21.3 Å². The molecule has 3 N–H and O–H groups in total. The lowest BCUT2D eigenvalue weighted by Gasteiger charge is -2.30. The Morgan fingerprint density at radius 3 is 2.84 bits per heavy atom. The van der Waals surface area contributed by atoms with Gasteiger partial charge in [0.05, 0.1) is 35.1 Å². The molecule has 0 radical (unpaired) electrons. The number of aromatic nitrogens is 4. The molecule has 1 aliphatic carbocycles. The number of carbonyl (C=O) groups excluding carboxylic acids is 2. The van der Waals surface area contributed by atoms with E-state index in [9.17, 15) is 18.8 Å². The number of carbonyl (C=O) groups is 3. The van der Waals surface area contributed by atoms with Crippen LogP contribution in [0.3, 0.4) is 0 Å². The van der Waals surface area contributed by atoms with Gasteiger partial charge in [0.25, 0.3) is 5.91 Å². The molecule has 1 saturated carbocycles. The number of hydrogen-bond acceptors (Lipinski definition) is 7. The van der Waals surface area contributed by atoms with Gasteiger partial charge >= 0.3 is 12.2 Å². The summed E-state index contributed by atoms with van der Waals surface area (Å²) in [6, 6.07) is 8.68. The highest BCUT2D eigenvalue weighted by Gasteiger charge is 2.31. The minimum absolute atomic E-state index is 0.0715. The molecule has 0 spiro atoms. The van der Waals surface area contributed by atoms with Gasteiger partial charge in [0.15, 0.2) is 17.6 Å². The average Bonchev–Trinajstić information content (AvgIpc) is 3.48. The Morgan fingerprint density at radius 2 is 2.11 bits per heavy atom. The second kappa shape index (κ2) is 11.0. The van der Waals surface area contributed by atoms with Crippen LogP contribution >= 0.6 is 0 Å². The number of alkyl carbamates (subject to hydrolysis) is 1. The standard InChI is InChI=1S/C30H32FN7O6/c1-36-26-22(10-20-21(34-26)7-8-37(28(20)39)14-18(11-31)33-29(40)41)35-27(36)23-9-17-3-2-4-24(25(17)38(23)13-16-5-6-16)43-15-19-12-32-30(42)44-19/h2-4,9-10,16,18-19,33H,5-8,11-15H2,1H3,(H,32,42)(H,40,41)/t18-,19+/m1/s1. The summed E-state index contributed by atoms with van der Waals surface area (Å²) in [5.41, 5.74) is 4.05. The molecule has 0 bridgehead atoms. The summed E-state index contributed by atoms with van der Waals surface area (Å²) >= 11 is 0. The lowest BCUT2D eigenvalue weighted by molar-refractivity contribution is 0.0712. The molecule has 1 saturated heterocycles. The van der Waals surface area contributed by atoms with Crippen LogP contribution in [0.5, 0.6) is 5.75 Å². The molecule has 3 aromatic heterocycles.